The lowest BCUT2D eigenvalue weighted by Crippen LogP contribution is -2.29. The van der Waals surface area contributed by atoms with Gasteiger partial charge in [0.15, 0.2) is 0 Å². The largest absolute Gasteiger partial charge is 0.365 e. The van der Waals surface area contributed by atoms with Gasteiger partial charge in [-0.25, -0.2) is 0 Å². The van der Waals surface area contributed by atoms with E-state index >= 15 is 0 Å². The summed E-state index contributed by atoms with van der Waals surface area (Å²) in [6, 6.07) is 13.2. The molecule has 96 valence electrons. The molecule has 1 heterocycles. The molecule has 0 fully saturated rings. The van der Waals surface area contributed by atoms with Gasteiger partial charge in [0, 0.05) is 24.2 Å². The van der Waals surface area contributed by atoms with Crippen molar-refractivity contribution in [3.8, 4) is 0 Å². The Morgan fingerprint density at radius 1 is 1.22 bits per heavy atom. The third kappa shape index (κ3) is 2.74. The van der Waals surface area contributed by atoms with Crippen LogP contribution in [0.2, 0.25) is 0 Å². The van der Waals surface area contributed by atoms with E-state index in [2.05, 4.69) is 60.6 Å². The Hall–Kier alpha value is -1.32. The highest BCUT2D eigenvalue weighted by Crippen LogP contribution is 2.27. The fourth-order valence-corrected chi connectivity index (χ4v) is 2.98. The van der Waals surface area contributed by atoms with Crippen LogP contribution < -0.4 is 10.6 Å². The highest BCUT2D eigenvalue weighted by Gasteiger charge is 2.16. The molecule has 1 atom stereocenters. The SMILES string of the molecule is CCc1ccc(N(C)C(CN)c2cccs2)cc1. The Kier molecular flexibility index (Phi) is 4.39. The topological polar surface area (TPSA) is 29.3 Å². The second-order valence-electron chi connectivity index (χ2n) is 4.40. The quantitative estimate of drug-likeness (QED) is 0.892. The van der Waals surface area contributed by atoms with Crippen molar-refractivity contribution < 1.29 is 0 Å². The molecule has 1 aromatic carbocycles. The lowest BCUT2D eigenvalue weighted by molar-refractivity contribution is 0.692. The molecule has 1 aromatic heterocycles. The fraction of sp³-hybridized carbons (Fsp3) is 0.333. The summed E-state index contributed by atoms with van der Waals surface area (Å²) < 4.78 is 0. The maximum absolute atomic E-state index is 5.92. The molecular formula is C15H20N2S. The van der Waals surface area contributed by atoms with Crippen molar-refractivity contribution in [1.29, 1.82) is 0 Å². The maximum Gasteiger partial charge on any atom is 0.0753 e. The summed E-state index contributed by atoms with van der Waals surface area (Å²) in [6.45, 7) is 2.81. The minimum absolute atomic E-state index is 0.262. The molecule has 0 aliphatic carbocycles. The van der Waals surface area contributed by atoms with Crippen LogP contribution >= 0.6 is 11.3 Å². The van der Waals surface area contributed by atoms with Crippen molar-refractivity contribution in [3.63, 3.8) is 0 Å². The minimum Gasteiger partial charge on any atom is -0.365 e. The van der Waals surface area contributed by atoms with Crippen LogP contribution in [0.25, 0.3) is 0 Å². The van der Waals surface area contributed by atoms with Gasteiger partial charge in [-0.05, 0) is 35.6 Å². The van der Waals surface area contributed by atoms with Gasteiger partial charge in [-0.2, -0.15) is 0 Å². The van der Waals surface area contributed by atoms with Crippen LogP contribution in [-0.4, -0.2) is 13.6 Å². The molecule has 0 radical (unpaired) electrons. The molecule has 0 spiro atoms. The standard InChI is InChI=1S/C15H20N2S/c1-3-12-6-8-13(9-7-12)17(2)14(11-16)15-5-4-10-18-15/h4-10,14H,3,11,16H2,1-2H3. The first kappa shape index (κ1) is 13.1. The molecule has 3 heteroatoms. The predicted octanol–water partition coefficient (Wildman–Crippen LogP) is 3.45. The van der Waals surface area contributed by atoms with Gasteiger partial charge in [-0.3, -0.25) is 0 Å². The molecule has 18 heavy (non-hydrogen) atoms. The zero-order valence-electron chi connectivity index (χ0n) is 11.0. The van der Waals surface area contributed by atoms with E-state index in [1.165, 1.54) is 16.1 Å². The smallest absolute Gasteiger partial charge is 0.0753 e. The van der Waals surface area contributed by atoms with Gasteiger partial charge in [0.2, 0.25) is 0 Å². The number of anilines is 1. The first-order chi connectivity index (χ1) is 8.76. The van der Waals surface area contributed by atoms with Crippen molar-refractivity contribution in [1.82, 2.24) is 0 Å². The van der Waals surface area contributed by atoms with E-state index in [4.69, 9.17) is 5.73 Å². The van der Waals surface area contributed by atoms with Gasteiger partial charge in [0.1, 0.15) is 0 Å². The van der Waals surface area contributed by atoms with Gasteiger partial charge in [-0.15, -0.1) is 11.3 Å². The van der Waals surface area contributed by atoms with Crippen LogP contribution in [0.4, 0.5) is 5.69 Å². The number of hydrogen-bond donors (Lipinski definition) is 1. The number of nitrogens with two attached hydrogens (primary N) is 1. The number of likely N-dealkylation sites (N-methyl/N-ethyl adjacent to an activating group) is 1. The van der Waals surface area contributed by atoms with Crippen LogP contribution in [-0.2, 0) is 6.42 Å². The second kappa shape index (κ2) is 6.03. The average molecular weight is 260 g/mol. The van der Waals surface area contributed by atoms with E-state index in [1.807, 2.05) is 0 Å². The number of nitrogens with zero attached hydrogens (tertiary/aromatic N) is 1. The predicted molar refractivity (Wildman–Crippen MR) is 80.3 cm³/mol. The van der Waals surface area contributed by atoms with Crippen molar-refractivity contribution in [2.24, 2.45) is 5.73 Å². The molecule has 0 bridgehead atoms. The van der Waals surface area contributed by atoms with Crippen LogP contribution in [0.1, 0.15) is 23.4 Å². The molecule has 0 amide bonds. The highest BCUT2D eigenvalue weighted by molar-refractivity contribution is 7.10. The third-order valence-corrected chi connectivity index (χ3v) is 4.29. The molecule has 2 aromatic rings. The summed E-state index contributed by atoms with van der Waals surface area (Å²) in [6.07, 6.45) is 1.08. The number of benzene rings is 1. The minimum atomic E-state index is 0.262. The van der Waals surface area contributed by atoms with Crippen LogP contribution in [0.15, 0.2) is 41.8 Å². The van der Waals surface area contributed by atoms with Gasteiger partial charge in [-0.1, -0.05) is 25.1 Å². The Morgan fingerprint density at radius 3 is 2.44 bits per heavy atom. The normalized spacial score (nSPS) is 12.4. The summed E-state index contributed by atoms with van der Waals surface area (Å²) in [7, 11) is 2.11. The fourth-order valence-electron chi connectivity index (χ4n) is 2.09. The summed E-state index contributed by atoms with van der Waals surface area (Å²) in [4.78, 5) is 3.57. The van der Waals surface area contributed by atoms with E-state index in [1.54, 1.807) is 11.3 Å². The monoisotopic (exact) mass is 260 g/mol. The highest BCUT2D eigenvalue weighted by atomic mass is 32.1. The van der Waals surface area contributed by atoms with Crippen molar-refractivity contribution in [2.45, 2.75) is 19.4 Å². The molecule has 1 unspecified atom stereocenters. The Bertz CT molecular complexity index is 462. The van der Waals surface area contributed by atoms with Gasteiger partial charge < -0.3 is 10.6 Å². The first-order valence-corrected chi connectivity index (χ1v) is 7.19. The van der Waals surface area contributed by atoms with Gasteiger partial charge >= 0.3 is 0 Å². The number of aryl methyl sites for hydroxylation is 1. The molecule has 0 saturated heterocycles. The Morgan fingerprint density at radius 2 is 1.94 bits per heavy atom. The van der Waals surface area contributed by atoms with Crippen molar-refractivity contribution in [2.75, 3.05) is 18.5 Å². The number of hydrogen-bond acceptors (Lipinski definition) is 3. The molecule has 2 N–H and O–H groups in total. The van der Waals surface area contributed by atoms with E-state index in [0.717, 1.165) is 6.42 Å². The molecule has 0 aliphatic rings. The number of thiophene rings is 1. The van der Waals surface area contributed by atoms with Crippen molar-refractivity contribution in [3.05, 3.63) is 52.2 Å². The summed E-state index contributed by atoms with van der Waals surface area (Å²) >= 11 is 1.76. The lowest BCUT2D eigenvalue weighted by atomic mass is 10.1. The molecule has 2 nitrogen and oxygen atoms in total. The molecule has 0 saturated carbocycles. The molecule has 0 aliphatic heterocycles. The summed E-state index contributed by atoms with van der Waals surface area (Å²) in [5.41, 5.74) is 8.51. The van der Waals surface area contributed by atoms with E-state index in [-0.39, 0.29) is 6.04 Å². The van der Waals surface area contributed by atoms with Crippen molar-refractivity contribution >= 4 is 17.0 Å². The summed E-state index contributed by atoms with van der Waals surface area (Å²) in [5, 5.41) is 2.10. The van der Waals surface area contributed by atoms with E-state index in [0.29, 0.717) is 6.54 Å². The zero-order chi connectivity index (χ0) is 13.0. The average Bonchev–Trinajstić information content (AvgIpc) is 2.93. The first-order valence-electron chi connectivity index (χ1n) is 6.31. The third-order valence-electron chi connectivity index (χ3n) is 3.31. The molecular weight excluding hydrogens is 240 g/mol. The second-order valence-corrected chi connectivity index (χ2v) is 5.38. The van der Waals surface area contributed by atoms with Gasteiger partial charge in [0.25, 0.3) is 0 Å². The van der Waals surface area contributed by atoms with Crippen LogP contribution in [0.3, 0.4) is 0 Å². The maximum atomic E-state index is 5.92. The Balaban J connectivity index is 2.20. The van der Waals surface area contributed by atoms with E-state index in [9.17, 15) is 0 Å². The van der Waals surface area contributed by atoms with E-state index < -0.39 is 0 Å². The van der Waals surface area contributed by atoms with Crippen LogP contribution in [0.5, 0.6) is 0 Å². The summed E-state index contributed by atoms with van der Waals surface area (Å²) in [5.74, 6) is 0. The molecule has 2 rings (SSSR count). The lowest BCUT2D eigenvalue weighted by Gasteiger charge is -2.28. The van der Waals surface area contributed by atoms with Gasteiger partial charge in [0.05, 0.1) is 6.04 Å². The van der Waals surface area contributed by atoms with Crippen LogP contribution in [0, 0.1) is 0 Å². The Labute approximate surface area is 113 Å². The number of rotatable bonds is 5. The zero-order valence-corrected chi connectivity index (χ0v) is 11.8.